The molecule has 164 valence electrons. The van der Waals surface area contributed by atoms with Crippen molar-refractivity contribution in [2.75, 3.05) is 27.4 Å². The number of carbonyl (C=O) groups is 2. The summed E-state index contributed by atoms with van der Waals surface area (Å²) in [7, 11) is 3.03. The highest BCUT2D eigenvalue weighted by Crippen LogP contribution is 2.41. The third-order valence-corrected chi connectivity index (χ3v) is 5.53. The fraction of sp³-hybridized carbons (Fsp3) is 0.360. The van der Waals surface area contributed by atoms with Crippen LogP contribution in [0.3, 0.4) is 0 Å². The number of nitrogens with zero attached hydrogens (tertiary/aromatic N) is 1. The third kappa shape index (κ3) is 4.35. The molecule has 3 rings (SSSR count). The zero-order chi connectivity index (χ0) is 22.8. The molecule has 1 aliphatic rings. The summed E-state index contributed by atoms with van der Waals surface area (Å²) in [5.74, 6) is -1.20. The van der Waals surface area contributed by atoms with Gasteiger partial charge in [-0.25, -0.2) is 0 Å². The van der Waals surface area contributed by atoms with Gasteiger partial charge in [0.15, 0.2) is 0 Å². The van der Waals surface area contributed by atoms with Crippen LogP contribution in [-0.2, 0) is 19.7 Å². The Kier molecular flexibility index (Phi) is 6.51. The molecule has 0 saturated carbocycles. The molecule has 1 atom stereocenters. The number of benzene rings is 2. The number of likely N-dealkylation sites (tertiary alicyclic amines) is 1. The Hall–Kier alpha value is -3.12. The van der Waals surface area contributed by atoms with Gasteiger partial charge in [-0.05, 0) is 28.7 Å². The minimum atomic E-state index is -0.718. The molecule has 1 amide bonds. The first-order chi connectivity index (χ1) is 14.7. The molecule has 1 fully saturated rings. The molecular formula is C25H29NO5. The lowest BCUT2D eigenvalue weighted by molar-refractivity contribution is -0.140. The molecule has 6 heteroatoms. The van der Waals surface area contributed by atoms with Crippen LogP contribution in [-0.4, -0.2) is 49.1 Å². The Bertz CT molecular complexity index is 1000. The topological polar surface area (TPSA) is 76.1 Å². The van der Waals surface area contributed by atoms with Crippen LogP contribution in [0.15, 0.2) is 54.1 Å². The highest BCUT2D eigenvalue weighted by Gasteiger charge is 2.46. The van der Waals surface area contributed by atoms with Crippen LogP contribution in [0.25, 0.3) is 5.76 Å². The SMILES string of the molecule is COCCN1C(=O)C(=O)/C(=C(\O)c2ccccc2OC)C1c1ccc(C(C)(C)C)cc1. The summed E-state index contributed by atoms with van der Waals surface area (Å²) in [5, 5.41) is 11.1. The lowest BCUT2D eigenvalue weighted by Crippen LogP contribution is -2.32. The van der Waals surface area contributed by atoms with E-state index in [0.29, 0.717) is 11.3 Å². The molecule has 6 nitrogen and oxygen atoms in total. The molecule has 1 N–H and O–H groups in total. The van der Waals surface area contributed by atoms with Crippen LogP contribution >= 0.6 is 0 Å². The monoisotopic (exact) mass is 423 g/mol. The summed E-state index contributed by atoms with van der Waals surface area (Å²) in [6.45, 7) is 6.87. The summed E-state index contributed by atoms with van der Waals surface area (Å²) >= 11 is 0. The average Bonchev–Trinajstić information content (AvgIpc) is 3.01. The quantitative estimate of drug-likeness (QED) is 0.431. The molecule has 2 aromatic carbocycles. The average molecular weight is 424 g/mol. The summed E-state index contributed by atoms with van der Waals surface area (Å²) in [5.41, 5.74) is 2.27. The van der Waals surface area contributed by atoms with Gasteiger partial charge in [-0.2, -0.15) is 0 Å². The number of hydrogen-bond donors (Lipinski definition) is 1. The van der Waals surface area contributed by atoms with E-state index < -0.39 is 17.7 Å². The Labute approximate surface area is 183 Å². The molecule has 0 radical (unpaired) electrons. The summed E-state index contributed by atoms with van der Waals surface area (Å²) in [6, 6.07) is 14.0. The Morgan fingerprint density at radius 1 is 1.03 bits per heavy atom. The van der Waals surface area contributed by atoms with Gasteiger partial charge in [-0.3, -0.25) is 9.59 Å². The summed E-state index contributed by atoms with van der Waals surface area (Å²) in [6.07, 6.45) is 0. The van der Waals surface area contributed by atoms with Crippen molar-refractivity contribution in [3.05, 3.63) is 70.8 Å². The van der Waals surface area contributed by atoms with Crippen molar-refractivity contribution < 1.29 is 24.2 Å². The molecule has 1 saturated heterocycles. The number of Topliss-reactive ketones (excluding diaryl/α,β-unsaturated/α-hetero) is 1. The van der Waals surface area contributed by atoms with Crippen molar-refractivity contribution in [2.45, 2.75) is 32.2 Å². The number of para-hydroxylation sites is 1. The van der Waals surface area contributed by atoms with Gasteiger partial charge in [0.05, 0.1) is 30.9 Å². The zero-order valence-electron chi connectivity index (χ0n) is 18.6. The van der Waals surface area contributed by atoms with Crippen LogP contribution in [0.5, 0.6) is 5.75 Å². The molecular weight excluding hydrogens is 394 g/mol. The van der Waals surface area contributed by atoms with Gasteiger partial charge < -0.3 is 19.5 Å². The van der Waals surface area contributed by atoms with E-state index in [1.165, 1.54) is 12.0 Å². The van der Waals surface area contributed by atoms with Gasteiger partial charge in [-0.15, -0.1) is 0 Å². The Morgan fingerprint density at radius 2 is 1.68 bits per heavy atom. The number of methoxy groups -OCH3 is 2. The maximum Gasteiger partial charge on any atom is 0.295 e. The molecule has 1 unspecified atom stereocenters. The lowest BCUT2D eigenvalue weighted by atomic mass is 9.85. The normalized spacial score (nSPS) is 18.5. The van der Waals surface area contributed by atoms with Gasteiger partial charge in [0.2, 0.25) is 0 Å². The second-order valence-corrected chi connectivity index (χ2v) is 8.56. The van der Waals surface area contributed by atoms with Gasteiger partial charge in [0, 0.05) is 13.7 Å². The minimum Gasteiger partial charge on any atom is -0.507 e. The summed E-state index contributed by atoms with van der Waals surface area (Å²) in [4.78, 5) is 27.3. The summed E-state index contributed by atoms with van der Waals surface area (Å²) < 4.78 is 10.5. The first kappa shape index (κ1) is 22.6. The zero-order valence-corrected chi connectivity index (χ0v) is 18.6. The third-order valence-electron chi connectivity index (χ3n) is 5.53. The van der Waals surface area contributed by atoms with E-state index in [2.05, 4.69) is 20.8 Å². The van der Waals surface area contributed by atoms with E-state index in [1.54, 1.807) is 31.4 Å². The van der Waals surface area contributed by atoms with Crippen LogP contribution in [0.4, 0.5) is 0 Å². The van der Waals surface area contributed by atoms with E-state index in [9.17, 15) is 14.7 Å². The number of ketones is 1. The van der Waals surface area contributed by atoms with Crippen molar-refractivity contribution in [3.8, 4) is 5.75 Å². The van der Waals surface area contributed by atoms with Gasteiger partial charge >= 0.3 is 0 Å². The van der Waals surface area contributed by atoms with Crippen molar-refractivity contribution in [3.63, 3.8) is 0 Å². The Morgan fingerprint density at radius 3 is 2.26 bits per heavy atom. The van der Waals surface area contributed by atoms with Gasteiger partial charge in [0.1, 0.15) is 11.5 Å². The maximum absolute atomic E-state index is 13.0. The van der Waals surface area contributed by atoms with E-state index in [0.717, 1.165) is 11.1 Å². The van der Waals surface area contributed by atoms with Crippen molar-refractivity contribution in [1.82, 2.24) is 4.90 Å². The van der Waals surface area contributed by atoms with Crippen LogP contribution < -0.4 is 4.74 Å². The predicted octanol–water partition coefficient (Wildman–Crippen LogP) is 4.06. The first-order valence-corrected chi connectivity index (χ1v) is 10.2. The number of ether oxygens (including phenoxy) is 2. The number of aliphatic hydroxyl groups excluding tert-OH is 1. The molecule has 0 spiro atoms. The molecule has 0 bridgehead atoms. The largest absolute Gasteiger partial charge is 0.507 e. The predicted molar refractivity (Wildman–Crippen MR) is 119 cm³/mol. The molecule has 0 aliphatic carbocycles. The Balaban J connectivity index is 2.18. The standard InChI is InChI=1S/C25H29NO5/c1-25(2,3)17-12-10-16(11-13-17)21-20(23(28)24(29)26(21)14-15-30-4)22(27)18-8-6-7-9-19(18)31-5/h6-13,21,27H,14-15H2,1-5H3/b22-20-. The highest BCUT2D eigenvalue weighted by molar-refractivity contribution is 6.46. The number of hydrogen-bond acceptors (Lipinski definition) is 5. The maximum atomic E-state index is 13.0. The highest BCUT2D eigenvalue weighted by atomic mass is 16.5. The van der Waals surface area contributed by atoms with Crippen LogP contribution in [0.2, 0.25) is 0 Å². The van der Waals surface area contributed by atoms with Crippen molar-refractivity contribution >= 4 is 17.4 Å². The second kappa shape index (κ2) is 8.94. The van der Waals surface area contributed by atoms with Crippen LogP contribution in [0.1, 0.15) is 43.5 Å². The fourth-order valence-corrected chi connectivity index (χ4v) is 3.80. The number of amides is 1. The smallest absolute Gasteiger partial charge is 0.295 e. The lowest BCUT2D eigenvalue weighted by Gasteiger charge is -2.26. The molecule has 1 aliphatic heterocycles. The van der Waals surface area contributed by atoms with Crippen molar-refractivity contribution in [1.29, 1.82) is 0 Å². The fourth-order valence-electron chi connectivity index (χ4n) is 3.80. The molecule has 0 aromatic heterocycles. The van der Waals surface area contributed by atoms with Gasteiger partial charge in [-0.1, -0.05) is 57.2 Å². The van der Waals surface area contributed by atoms with E-state index in [-0.39, 0.29) is 29.9 Å². The molecule has 1 heterocycles. The molecule has 31 heavy (non-hydrogen) atoms. The number of carbonyl (C=O) groups excluding carboxylic acids is 2. The number of rotatable bonds is 6. The van der Waals surface area contributed by atoms with Gasteiger partial charge in [0.25, 0.3) is 11.7 Å². The van der Waals surface area contributed by atoms with Crippen molar-refractivity contribution in [2.24, 2.45) is 0 Å². The van der Waals surface area contributed by atoms with E-state index in [1.807, 2.05) is 24.3 Å². The van der Waals surface area contributed by atoms with E-state index >= 15 is 0 Å². The number of aliphatic hydroxyl groups is 1. The first-order valence-electron chi connectivity index (χ1n) is 10.2. The minimum absolute atomic E-state index is 0.0339. The van der Waals surface area contributed by atoms with Crippen LogP contribution in [0, 0.1) is 0 Å². The molecule has 2 aromatic rings. The van der Waals surface area contributed by atoms with E-state index in [4.69, 9.17) is 9.47 Å². The second-order valence-electron chi connectivity index (χ2n) is 8.56.